The molecule has 212 valence electrons. The van der Waals surface area contributed by atoms with Crippen LogP contribution in [0.3, 0.4) is 0 Å². The molecule has 0 unspecified atom stereocenters. The topological polar surface area (TPSA) is 191 Å². The number of amides is 1. The summed E-state index contributed by atoms with van der Waals surface area (Å²) in [4.78, 5) is 80.3. The van der Waals surface area contributed by atoms with Crippen LogP contribution in [0.5, 0.6) is 0 Å². The summed E-state index contributed by atoms with van der Waals surface area (Å²) in [5.74, 6) is -2.75. The van der Waals surface area contributed by atoms with Crippen LogP contribution in [0.15, 0.2) is 17.1 Å². The minimum absolute atomic E-state index is 0.0633. The lowest BCUT2D eigenvalue weighted by Crippen LogP contribution is -2.45. The van der Waals surface area contributed by atoms with Gasteiger partial charge in [0.05, 0.1) is 12.8 Å². The molecule has 0 radical (unpaired) electrons. The molecule has 13 nitrogen and oxygen atoms in total. The number of nitrogens with one attached hydrogen (secondary N) is 1. The molecule has 1 aromatic rings. The zero-order valence-electron chi connectivity index (χ0n) is 20.6. The van der Waals surface area contributed by atoms with E-state index in [4.69, 9.17) is 19.3 Å². The van der Waals surface area contributed by atoms with Crippen LogP contribution in [0.2, 0.25) is 0 Å². The summed E-state index contributed by atoms with van der Waals surface area (Å²) in [6, 6.07) is 1.05. The van der Waals surface area contributed by atoms with Crippen LogP contribution in [-0.4, -0.2) is 66.3 Å². The number of nitrogens with zero attached hydrogens (tertiary/aromatic N) is 2. The number of esters is 1. The molecule has 1 fully saturated rings. The minimum atomic E-state index is -6.05. The molecule has 4 atom stereocenters. The fourth-order valence-electron chi connectivity index (χ4n) is 3.55. The number of alkyl halides is 3. The average molecular weight is 569 g/mol. The number of hydrogen-bond acceptors (Lipinski definition) is 9. The lowest BCUT2D eigenvalue weighted by atomic mass is 9.96. The second kappa shape index (κ2) is 11.8. The highest BCUT2D eigenvalue weighted by molar-refractivity contribution is 7.53. The molecule has 1 aromatic heterocycles. The second-order valence-corrected chi connectivity index (χ2v) is 10.7. The van der Waals surface area contributed by atoms with Crippen molar-refractivity contribution in [1.29, 1.82) is 0 Å². The number of rotatable bonds is 12. The van der Waals surface area contributed by atoms with Gasteiger partial charge in [0.1, 0.15) is 23.5 Å². The molecule has 3 N–H and O–H groups in total. The monoisotopic (exact) mass is 569 g/mol. The van der Waals surface area contributed by atoms with Crippen molar-refractivity contribution in [3.8, 4) is 0 Å². The van der Waals surface area contributed by atoms with Gasteiger partial charge in [-0.25, -0.2) is 9.18 Å². The van der Waals surface area contributed by atoms with Gasteiger partial charge in [-0.15, -0.1) is 0 Å². The molecule has 1 aliphatic heterocycles. The zero-order valence-corrected chi connectivity index (χ0v) is 21.5. The van der Waals surface area contributed by atoms with E-state index in [1.807, 2.05) is 0 Å². The summed E-state index contributed by atoms with van der Waals surface area (Å²) >= 11 is 0. The van der Waals surface area contributed by atoms with E-state index in [0.717, 1.165) is 19.2 Å². The zero-order chi connectivity index (χ0) is 29.1. The minimum Gasteiger partial charge on any atom is -0.456 e. The highest BCUT2D eigenvalue weighted by atomic mass is 31.2. The smallest absolute Gasteiger partial charge is 0.394 e. The standard InChI is InChI=1S/C21H27F3N3O10P/c1-11(28)4-6-15(30)25-14-8-9-27(19(32)26-14)18-20(3,22)17(37-16(31)7-5-12(2)29)13(36-18)10-21(23,24)38(33,34)35/h8-9,13,17-18H,4-7,10H2,1-3H3,(H2,33,34,35)(H,25,26,30,32)/t13-,17-,18-,20-/m1/s1. The number of anilines is 1. The lowest BCUT2D eigenvalue weighted by molar-refractivity contribution is -0.159. The van der Waals surface area contributed by atoms with Crippen molar-refractivity contribution in [3.63, 3.8) is 0 Å². The normalized spacial score (nSPS) is 23.6. The number of carbonyl (C=O) groups is 4. The molecule has 1 saturated heterocycles. The Morgan fingerprint density at radius 3 is 2.29 bits per heavy atom. The van der Waals surface area contributed by atoms with Crippen molar-refractivity contribution < 1.29 is 56.2 Å². The Morgan fingerprint density at radius 2 is 1.76 bits per heavy atom. The van der Waals surface area contributed by atoms with Crippen LogP contribution < -0.4 is 11.0 Å². The molecule has 1 aliphatic rings. The Balaban J connectivity index is 2.36. The van der Waals surface area contributed by atoms with Crippen LogP contribution in [0, 0.1) is 0 Å². The summed E-state index contributed by atoms with van der Waals surface area (Å²) in [5, 5.41) is 2.26. The third-order valence-electron chi connectivity index (χ3n) is 5.55. The Morgan fingerprint density at radius 1 is 1.18 bits per heavy atom. The van der Waals surface area contributed by atoms with E-state index in [9.17, 15) is 37.3 Å². The Hall–Kier alpha value is -2.94. The average Bonchev–Trinajstić information content (AvgIpc) is 2.99. The van der Waals surface area contributed by atoms with E-state index in [0.29, 0.717) is 4.57 Å². The van der Waals surface area contributed by atoms with Gasteiger partial charge in [-0.05, 0) is 26.8 Å². The van der Waals surface area contributed by atoms with Gasteiger partial charge in [0, 0.05) is 25.5 Å². The highest BCUT2D eigenvalue weighted by Crippen LogP contribution is 2.57. The Bertz CT molecular complexity index is 1200. The first-order chi connectivity index (χ1) is 17.3. The molecular formula is C21H27F3N3O10P. The van der Waals surface area contributed by atoms with Gasteiger partial charge in [0.15, 0.2) is 18.0 Å². The number of carbonyl (C=O) groups excluding carboxylic acids is 4. The third-order valence-corrected chi connectivity index (χ3v) is 6.58. The number of aromatic nitrogens is 2. The van der Waals surface area contributed by atoms with Crippen LogP contribution in [0.25, 0.3) is 0 Å². The number of ether oxygens (including phenoxy) is 2. The first-order valence-electron chi connectivity index (χ1n) is 11.2. The van der Waals surface area contributed by atoms with Crippen molar-refractivity contribution in [3.05, 3.63) is 22.7 Å². The molecule has 0 bridgehead atoms. The van der Waals surface area contributed by atoms with Crippen LogP contribution >= 0.6 is 7.60 Å². The summed E-state index contributed by atoms with van der Waals surface area (Å²) in [6.07, 6.45) is -8.29. The first kappa shape index (κ1) is 31.3. The van der Waals surface area contributed by atoms with E-state index in [1.54, 1.807) is 0 Å². The molecular weight excluding hydrogens is 542 g/mol. The van der Waals surface area contributed by atoms with Crippen molar-refractivity contribution in [2.75, 3.05) is 5.32 Å². The molecule has 17 heteroatoms. The van der Waals surface area contributed by atoms with Gasteiger partial charge < -0.3 is 34.2 Å². The number of halogens is 3. The highest BCUT2D eigenvalue weighted by Gasteiger charge is 2.62. The number of ketones is 2. The van der Waals surface area contributed by atoms with E-state index in [-0.39, 0.29) is 30.9 Å². The fraction of sp³-hybridized carbons (Fsp3) is 0.619. The quantitative estimate of drug-likeness (QED) is 0.245. The predicted octanol–water partition coefficient (Wildman–Crippen LogP) is 1.62. The summed E-state index contributed by atoms with van der Waals surface area (Å²) in [6.45, 7) is 3.21. The van der Waals surface area contributed by atoms with Gasteiger partial charge in [-0.1, -0.05) is 0 Å². The summed E-state index contributed by atoms with van der Waals surface area (Å²) < 4.78 is 66.4. The van der Waals surface area contributed by atoms with Crippen molar-refractivity contribution in [1.82, 2.24) is 9.55 Å². The summed E-state index contributed by atoms with van der Waals surface area (Å²) in [5.41, 5.74) is -8.82. The lowest BCUT2D eigenvalue weighted by Gasteiger charge is -2.28. The number of Topliss-reactive ketones (excluding diaryl/α,β-unsaturated/α-hetero) is 2. The predicted molar refractivity (Wildman–Crippen MR) is 122 cm³/mol. The Kier molecular flexibility index (Phi) is 9.75. The van der Waals surface area contributed by atoms with Gasteiger partial charge >= 0.3 is 24.9 Å². The van der Waals surface area contributed by atoms with E-state index < -0.39 is 73.6 Å². The van der Waals surface area contributed by atoms with Crippen molar-refractivity contribution >= 4 is 36.9 Å². The molecule has 0 aromatic carbocycles. The van der Waals surface area contributed by atoms with Gasteiger partial charge in [0.25, 0.3) is 0 Å². The number of hydrogen-bond donors (Lipinski definition) is 3. The summed E-state index contributed by atoms with van der Waals surface area (Å²) in [7, 11) is -6.05. The van der Waals surface area contributed by atoms with E-state index in [1.165, 1.54) is 13.8 Å². The molecule has 2 heterocycles. The van der Waals surface area contributed by atoms with Crippen molar-refractivity contribution in [2.45, 2.75) is 82.6 Å². The maximum atomic E-state index is 16.0. The van der Waals surface area contributed by atoms with Gasteiger partial charge in [0.2, 0.25) is 5.91 Å². The fourth-order valence-corrected chi connectivity index (χ4v) is 3.97. The van der Waals surface area contributed by atoms with Crippen LogP contribution in [0.4, 0.5) is 19.0 Å². The van der Waals surface area contributed by atoms with Crippen LogP contribution in [0.1, 0.15) is 59.1 Å². The second-order valence-electron chi connectivity index (χ2n) is 8.96. The maximum Gasteiger partial charge on any atom is 0.394 e. The molecule has 0 spiro atoms. The van der Waals surface area contributed by atoms with E-state index in [2.05, 4.69) is 10.3 Å². The SMILES string of the molecule is CC(=O)CCC(=O)Nc1ccn([C@@H]2O[C@H](CC(F)(F)P(=O)(O)O)[C@@H](OC(=O)CCC(C)=O)[C@@]2(C)F)c(=O)n1. The largest absolute Gasteiger partial charge is 0.456 e. The Labute approximate surface area is 213 Å². The molecule has 0 aliphatic carbocycles. The first-order valence-corrected chi connectivity index (χ1v) is 12.8. The molecule has 1 amide bonds. The van der Waals surface area contributed by atoms with Crippen LogP contribution in [-0.2, 0) is 33.2 Å². The molecule has 2 rings (SSSR count). The molecule has 0 saturated carbocycles. The third kappa shape index (κ3) is 7.79. The van der Waals surface area contributed by atoms with Crippen molar-refractivity contribution in [2.24, 2.45) is 0 Å². The van der Waals surface area contributed by atoms with Gasteiger partial charge in [-0.2, -0.15) is 13.8 Å². The van der Waals surface area contributed by atoms with Gasteiger partial charge in [-0.3, -0.25) is 18.7 Å². The molecule has 38 heavy (non-hydrogen) atoms. The maximum absolute atomic E-state index is 16.0. The van der Waals surface area contributed by atoms with E-state index >= 15 is 4.39 Å².